The number of piperazine rings is 1. The van der Waals surface area contributed by atoms with Gasteiger partial charge in [0.25, 0.3) is 5.91 Å². The monoisotopic (exact) mass is 474 g/mol. The van der Waals surface area contributed by atoms with Gasteiger partial charge in [0.15, 0.2) is 5.82 Å². The zero-order chi connectivity index (χ0) is 24.9. The smallest absolute Gasteiger partial charge is 0.262 e. The Kier molecular flexibility index (Phi) is 6.90. The van der Waals surface area contributed by atoms with Crippen LogP contribution in [0.25, 0.3) is 0 Å². The van der Waals surface area contributed by atoms with Gasteiger partial charge in [-0.05, 0) is 23.8 Å². The third-order valence-electron chi connectivity index (χ3n) is 5.71. The van der Waals surface area contributed by atoms with Gasteiger partial charge in [-0.15, -0.1) is 5.10 Å². The van der Waals surface area contributed by atoms with Crippen molar-refractivity contribution < 1.29 is 13.9 Å². The van der Waals surface area contributed by atoms with Gasteiger partial charge >= 0.3 is 0 Å². The van der Waals surface area contributed by atoms with Crippen LogP contribution in [-0.4, -0.2) is 58.9 Å². The number of nitrogens with one attached hydrogen (secondary N) is 1. The number of halogens is 1. The fourth-order valence-corrected chi connectivity index (χ4v) is 3.96. The van der Waals surface area contributed by atoms with E-state index in [0.29, 0.717) is 49.8 Å². The second kappa shape index (κ2) is 10.2. The molecule has 1 aliphatic rings. The molecule has 10 nitrogen and oxygen atoms in total. The Balaban J connectivity index is 1.48. The number of benzene rings is 1. The highest BCUT2D eigenvalue weighted by Crippen LogP contribution is 2.27. The molecule has 0 bridgehead atoms. The Morgan fingerprint density at radius 3 is 2.66 bits per heavy atom. The van der Waals surface area contributed by atoms with E-state index in [2.05, 4.69) is 26.4 Å². The van der Waals surface area contributed by atoms with E-state index in [1.807, 2.05) is 11.0 Å². The van der Waals surface area contributed by atoms with Gasteiger partial charge in [-0.25, -0.2) is 9.37 Å². The number of carbonyl (C=O) groups excluding carboxylic acids is 1. The number of rotatable bonds is 6. The van der Waals surface area contributed by atoms with E-state index in [-0.39, 0.29) is 17.0 Å². The maximum atomic E-state index is 13.6. The average Bonchev–Trinajstić information content (AvgIpc) is 3.26. The lowest BCUT2D eigenvalue weighted by Gasteiger charge is -2.36. The second-order valence-corrected chi connectivity index (χ2v) is 8.08. The Hall–Kier alpha value is -4.48. The molecule has 0 saturated carbocycles. The first-order valence-electron chi connectivity index (χ1n) is 10.9. The van der Waals surface area contributed by atoms with Gasteiger partial charge in [0.05, 0.1) is 23.9 Å². The molecule has 178 valence electrons. The van der Waals surface area contributed by atoms with Crippen LogP contribution < -0.4 is 15.0 Å². The van der Waals surface area contributed by atoms with Crippen molar-refractivity contribution in [3.05, 3.63) is 64.7 Å². The van der Waals surface area contributed by atoms with E-state index in [1.54, 1.807) is 31.4 Å². The standard InChI is InChI=1S/C24H23FN8O2/c1-31-15-19(24(30-31)35-2)23(34)29-21-10-17(11-26)13-28-22(21)33-7-5-32(6-8-33)14-16-3-4-20(25)18(9-16)12-27/h3-4,9-10,13,15H,5-8,14H2,1-2H3,(H,29,34). The fourth-order valence-electron chi connectivity index (χ4n) is 3.96. The molecular formula is C24H23FN8O2. The average molecular weight is 475 g/mol. The molecule has 1 fully saturated rings. The summed E-state index contributed by atoms with van der Waals surface area (Å²) in [7, 11) is 3.13. The minimum atomic E-state index is -0.522. The summed E-state index contributed by atoms with van der Waals surface area (Å²) in [5, 5.41) is 25.3. The van der Waals surface area contributed by atoms with Crippen LogP contribution in [0.3, 0.4) is 0 Å². The SMILES string of the molecule is COc1nn(C)cc1C(=O)Nc1cc(C#N)cnc1N1CCN(Cc2ccc(F)c(C#N)c2)CC1. The fraction of sp³-hybridized carbons (Fsp3) is 0.292. The topological polar surface area (TPSA) is 123 Å². The van der Waals surface area contributed by atoms with E-state index in [9.17, 15) is 14.4 Å². The van der Waals surface area contributed by atoms with Crippen LogP contribution >= 0.6 is 0 Å². The van der Waals surface area contributed by atoms with Gasteiger partial charge in [0.2, 0.25) is 5.88 Å². The quantitative estimate of drug-likeness (QED) is 0.577. The summed E-state index contributed by atoms with van der Waals surface area (Å²) in [6, 6.07) is 10.1. The maximum absolute atomic E-state index is 13.6. The van der Waals surface area contributed by atoms with Crippen molar-refractivity contribution in [2.45, 2.75) is 6.54 Å². The van der Waals surface area contributed by atoms with E-state index >= 15 is 0 Å². The molecule has 4 rings (SSSR count). The lowest BCUT2D eigenvalue weighted by molar-refractivity contribution is 0.102. The summed E-state index contributed by atoms with van der Waals surface area (Å²) < 4.78 is 20.3. The Labute approximate surface area is 201 Å². The number of methoxy groups -OCH3 is 1. The first kappa shape index (κ1) is 23.7. The molecule has 0 radical (unpaired) electrons. The number of amides is 1. The first-order chi connectivity index (χ1) is 16.9. The molecule has 1 saturated heterocycles. The molecule has 0 spiro atoms. The van der Waals surface area contributed by atoms with Gasteiger partial charge in [-0.1, -0.05) is 6.07 Å². The number of carbonyl (C=O) groups is 1. The van der Waals surface area contributed by atoms with Gasteiger partial charge in [-0.2, -0.15) is 10.5 Å². The van der Waals surface area contributed by atoms with Gasteiger partial charge in [0, 0.05) is 52.2 Å². The summed E-state index contributed by atoms with van der Waals surface area (Å²) in [5.41, 5.74) is 1.92. The van der Waals surface area contributed by atoms with Crippen LogP contribution in [0.5, 0.6) is 5.88 Å². The zero-order valence-electron chi connectivity index (χ0n) is 19.3. The lowest BCUT2D eigenvalue weighted by atomic mass is 10.1. The zero-order valence-corrected chi connectivity index (χ0v) is 19.3. The third kappa shape index (κ3) is 5.21. The van der Waals surface area contributed by atoms with Gasteiger partial charge < -0.3 is 15.0 Å². The summed E-state index contributed by atoms with van der Waals surface area (Å²) in [6.45, 7) is 3.25. The second-order valence-electron chi connectivity index (χ2n) is 8.08. The molecular weight excluding hydrogens is 451 g/mol. The number of aromatic nitrogens is 3. The number of nitrogens with zero attached hydrogens (tertiary/aromatic N) is 7. The number of ether oxygens (including phenoxy) is 1. The van der Waals surface area contributed by atoms with E-state index in [0.717, 1.165) is 5.56 Å². The lowest BCUT2D eigenvalue weighted by Crippen LogP contribution is -2.46. The third-order valence-corrected chi connectivity index (χ3v) is 5.71. The highest BCUT2D eigenvalue weighted by atomic mass is 19.1. The van der Waals surface area contributed by atoms with Crippen molar-refractivity contribution in [1.82, 2.24) is 19.7 Å². The molecule has 1 aromatic carbocycles. The maximum Gasteiger partial charge on any atom is 0.262 e. The minimum absolute atomic E-state index is 0.0357. The molecule has 1 N–H and O–H groups in total. The van der Waals surface area contributed by atoms with Crippen LogP contribution in [0.1, 0.15) is 27.0 Å². The van der Waals surface area contributed by atoms with Crippen molar-refractivity contribution in [2.24, 2.45) is 7.05 Å². The Bertz CT molecular complexity index is 1330. The highest BCUT2D eigenvalue weighted by molar-refractivity contribution is 6.07. The molecule has 0 aliphatic carbocycles. The molecule has 35 heavy (non-hydrogen) atoms. The number of hydrogen-bond acceptors (Lipinski definition) is 8. The van der Waals surface area contributed by atoms with Crippen molar-refractivity contribution >= 4 is 17.4 Å². The number of hydrogen-bond donors (Lipinski definition) is 1. The predicted molar refractivity (Wildman–Crippen MR) is 125 cm³/mol. The number of nitriles is 2. The van der Waals surface area contributed by atoms with Crippen LogP contribution in [-0.2, 0) is 13.6 Å². The normalized spacial score (nSPS) is 13.7. The van der Waals surface area contributed by atoms with Gasteiger partial charge in [-0.3, -0.25) is 14.4 Å². The Morgan fingerprint density at radius 2 is 1.97 bits per heavy atom. The van der Waals surface area contributed by atoms with E-state index in [1.165, 1.54) is 24.1 Å². The van der Waals surface area contributed by atoms with Crippen LogP contribution in [0.4, 0.5) is 15.9 Å². The van der Waals surface area contributed by atoms with Crippen molar-refractivity contribution in [3.63, 3.8) is 0 Å². The number of pyridine rings is 1. The molecule has 3 aromatic rings. The van der Waals surface area contributed by atoms with Crippen LogP contribution in [0, 0.1) is 28.5 Å². The molecule has 11 heteroatoms. The minimum Gasteiger partial charge on any atom is -0.479 e. The number of anilines is 2. The largest absolute Gasteiger partial charge is 0.479 e. The summed E-state index contributed by atoms with van der Waals surface area (Å²) >= 11 is 0. The molecule has 0 atom stereocenters. The molecule has 0 unspecified atom stereocenters. The number of aryl methyl sites for hydroxylation is 1. The van der Waals surface area contributed by atoms with Crippen molar-refractivity contribution in [1.29, 1.82) is 10.5 Å². The molecule has 1 amide bonds. The summed E-state index contributed by atoms with van der Waals surface area (Å²) in [6.07, 6.45) is 3.03. The molecule has 2 aromatic heterocycles. The predicted octanol–water partition coefficient (Wildman–Crippen LogP) is 2.28. The van der Waals surface area contributed by atoms with Crippen LogP contribution in [0.15, 0.2) is 36.7 Å². The van der Waals surface area contributed by atoms with E-state index < -0.39 is 11.7 Å². The van der Waals surface area contributed by atoms with Crippen molar-refractivity contribution in [2.75, 3.05) is 43.5 Å². The molecule has 3 heterocycles. The van der Waals surface area contributed by atoms with E-state index in [4.69, 9.17) is 10.00 Å². The summed E-state index contributed by atoms with van der Waals surface area (Å²) in [4.78, 5) is 21.6. The van der Waals surface area contributed by atoms with Gasteiger partial charge in [0.1, 0.15) is 23.5 Å². The first-order valence-corrected chi connectivity index (χ1v) is 10.9. The Morgan fingerprint density at radius 1 is 1.20 bits per heavy atom. The van der Waals surface area contributed by atoms with Crippen LogP contribution in [0.2, 0.25) is 0 Å². The van der Waals surface area contributed by atoms with Crippen molar-refractivity contribution in [3.8, 4) is 18.0 Å². The molecule has 1 aliphatic heterocycles. The highest BCUT2D eigenvalue weighted by Gasteiger charge is 2.24. The summed E-state index contributed by atoms with van der Waals surface area (Å²) in [5.74, 6) is -0.180.